The zero-order valence-corrected chi connectivity index (χ0v) is 15.2. The third-order valence-corrected chi connectivity index (χ3v) is 4.27. The number of non-ortho nitro benzene ring substituents is 1. The molecule has 3 rings (SSSR count). The predicted molar refractivity (Wildman–Crippen MR) is 106 cm³/mol. The first kappa shape index (κ1) is 19.3. The Morgan fingerprint density at radius 2 is 1.50 bits per heavy atom. The van der Waals surface area contributed by atoms with Gasteiger partial charge in [0.2, 0.25) is 0 Å². The van der Waals surface area contributed by atoms with E-state index in [0.29, 0.717) is 25.3 Å². The molecule has 0 aliphatic rings. The van der Waals surface area contributed by atoms with Crippen molar-refractivity contribution in [1.82, 2.24) is 5.32 Å². The molecule has 6 nitrogen and oxygen atoms in total. The molecule has 6 heteroatoms. The van der Waals surface area contributed by atoms with Crippen LogP contribution in [0, 0.1) is 10.1 Å². The molecule has 3 aromatic carbocycles. The number of nitro groups is 1. The first-order valence-electron chi connectivity index (χ1n) is 8.84. The minimum absolute atomic E-state index is 0.0440. The fraction of sp³-hybridized carbons (Fsp3) is 0.136. The van der Waals surface area contributed by atoms with Crippen molar-refractivity contribution in [2.45, 2.75) is 19.8 Å². The Morgan fingerprint density at radius 1 is 0.857 bits per heavy atom. The lowest BCUT2D eigenvalue weighted by Gasteiger charge is -2.11. The van der Waals surface area contributed by atoms with Crippen LogP contribution in [0.25, 0.3) is 0 Å². The van der Waals surface area contributed by atoms with Gasteiger partial charge >= 0.3 is 0 Å². The Balaban J connectivity index is 1.56. The quantitative estimate of drug-likeness (QED) is 0.471. The Hall–Kier alpha value is -3.51. The number of nitrogens with one attached hydrogen (secondary N) is 1. The second kappa shape index (κ2) is 9.43. The topological polar surface area (TPSA) is 81.5 Å². The van der Waals surface area contributed by atoms with E-state index in [9.17, 15) is 14.9 Å². The van der Waals surface area contributed by atoms with Crippen molar-refractivity contribution in [3.05, 3.63) is 111 Å². The first-order valence-corrected chi connectivity index (χ1v) is 8.84. The summed E-state index contributed by atoms with van der Waals surface area (Å²) in [6.07, 6.45) is 0. The lowest BCUT2D eigenvalue weighted by molar-refractivity contribution is -0.384. The maximum absolute atomic E-state index is 12.3. The minimum atomic E-state index is -0.493. The first-order chi connectivity index (χ1) is 13.6. The van der Waals surface area contributed by atoms with Crippen molar-refractivity contribution in [2.24, 2.45) is 0 Å². The highest BCUT2D eigenvalue weighted by molar-refractivity contribution is 5.94. The predicted octanol–water partition coefficient (Wildman–Crippen LogP) is 4.24. The van der Waals surface area contributed by atoms with Crippen molar-refractivity contribution in [2.75, 3.05) is 0 Å². The molecule has 3 aromatic rings. The van der Waals surface area contributed by atoms with Crippen LogP contribution >= 0.6 is 0 Å². The molecule has 142 valence electrons. The number of rotatable bonds is 8. The van der Waals surface area contributed by atoms with Crippen LogP contribution in [0.1, 0.15) is 27.0 Å². The van der Waals surface area contributed by atoms with Crippen LogP contribution in [-0.4, -0.2) is 10.8 Å². The SMILES string of the molecule is O=C(NCc1ccccc1COCc1ccccc1)c1ccc([N+](=O)[O-])cc1. The number of carbonyl (C=O) groups excluding carboxylic acids is 1. The van der Waals surface area contributed by atoms with Gasteiger partial charge in [-0.05, 0) is 28.8 Å². The summed E-state index contributed by atoms with van der Waals surface area (Å²) >= 11 is 0. The molecule has 0 atom stereocenters. The van der Waals surface area contributed by atoms with Gasteiger partial charge in [0.15, 0.2) is 0 Å². The van der Waals surface area contributed by atoms with Crippen LogP contribution < -0.4 is 5.32 Å². The minimum Gasteiger partial charge on any atom is -0.372 e. The number of ether oxygens (including phenoxy) is 1. The average molecular weight is 376 g/mol. The Bertz CT molecular complexity index is 940. The second-order valence-electron chi connectivity index (χ2n) is 6.23. The van der Waals surface area contributed by atoms with Crippen molar-refractivity contribution >= 4 is 11.6 Å². The summed E-state index contributed by atoms with van der Waals surface area (Å²) in [6, 6.07) is 23.2. The molecule has 0 aliphatic carbocycles. The largest absolute Gasteiger partial charge is 0.372 e. The van der Waals surface area contributed by atoms with Crippen LogP contribution in [-0.2, 0) is 24.5 Å². The molecule has 0 bridgehead atoms. The van der Waals surface area contributed by atoms with Gasteiger partial charge in [-0.1, -0.05) is 54.6 Å². The number of hydrogen-bond acceptors (Lipinski definition) is 4. The standard InChI is InChI=1S/C22H20N2O4/c25-22(18-10-12-21(13-11-18)24(26)27)23-14-19-8-4-5-9-20(19)16-28-15-17-6-2-1-3-7-17/h1-13H,14-16H2,(H,23,25). The Labute approximate surface area is 162 Å². The fourth-order valence-corrected chi connectivity index (χ4v) is 2.74. The highest BCUT2D eigenvalue weighted by Crippen LogP contribution is 2.14. The molecule has 1 N–H and O–H groups in total. The number of amides is 1. The normalized spacial score (nSPS) is 10.4. The van der Waals surface area contributed by atoms with Gasteiger partial charge in [0, 0.05) is 24.2 Å². The maximum Gasteiger partial charge on any atom is 0.269 e. The van der Waals surface area contributed by atoms with Gasteiger partial charge in [-0.25, -0.2) is 0 Å². The summed E-state index contributed by atoms with van der Waals surface area (Å²) in [4.78, 5) is 22.5. The van der Waals surface area contributed by atoms with Gasteiger partial charge in [0.25, 0.3) is 11.6 Å². The summed E-state index contributed by atoms with van der Waals surface area (Å²) in [5.74, 6) is -0.282. The lowest BCUT2D eigenvalue weighted by Crippen LogP contribution is -2.23. The van der Waals surface area contributed by atoms with E-state index in [1.165, 1.54) is 24.3 Å². The van der Waals surface area contributed by atoms with Gasteiger partial charge < -0.3 is 10.1 Å². The molecular formula is C22H20N2O4. The second-order valence-corrected chi connectivity index (χ2v) is 6.23. The molecule has 0 heterocycles. The number of hydrogen-bond donors (Lipinski definition) is 1. The molecule has 28 heavy (non-hydrogen) atoms. The number of benzene rings is 3. The highest BCUT2D eigenvalue weighted by atomic mass is 16.6. The van der Waals surface area contributed by atoms with E-state index in [-0.39, 0.29) is 11.6 Å². The van der Waals surface area contributed by atoms with Gasteiger partial charge in [-0.3, -0.25) is 14.9 Å². The van der Waals surface area contributed by atoms with Crippen LogP contribution in [0.4, 0.5) is 5.69 Å². The van der Waals surface area contributed by atoms with Crippen LogP contribution in [0.15, 0.2) is 78.9 Å². The van der Waals surface area contributed by atoms with Gasteiger partial charge in [0.1, 0.15) is 0 Å². The summed E-state index contributed by atoms with van der Waals surface area (Å²) in [7, 11) is 0. The van der Waals surface area contributed by atoms with E-state index < -0.39 is 4.92 Å². The van der Waals surface area contributed by atoms with Crippen molar-refractivity contribution in [3.63, 3.8) is 0 Å². The number of nitro benzene ring substituents is 1. The van der Waals surface area contributed by atoms with E-state index in [2.05, 4.69) is 5.32 Å². The molecule has 0 fully saturated rings. The van der Waals surface area contributed by atoms with Gasteiger partial charge in [0.05, 0.1) is 18.1 Å². The average Bonchev–Trinajstić information content (AvgIpc) is 2.73. The number of nitrogens with zero attached hydrogens (tertiary/aromatic N) is 1. The molecule has 1 amide bonds. The number of carbonyl (C=O) groups is 1. The van der Waals surface area contributed by atoms with Crippen LogP contribution in [0.3, 0.4) is 0 Å². The van der Waals surface area contributed by atoms with Gasteiger partial charge in [-0.15, -0.1) is 0 Å². The summed E-state index contributed by atoms with van der Waals surface area (Å²) in [6.45, 7) is 1.31. The maximum atomic E-state index is 12.3. The molecule has 0 radical (unpaired) electrons. The molecular weight excluding hydrogens is 356 g/mol. The van der Waals surface area contributed by atoms with Crippen LogP contribution in [0.2, 0.25) is 0 Å². The van der Waals surface area contributed by atoms with Crippen molar-refractivity contribution in [3.8, 4) is 0 Å². The smallest absolute Gasteiger partial charge is 0.269 e. The third-order valence-electron chi connectivity index (χ3n) is 4.27. The van der Waals surface area contributed by atoms with E-state index >= 15 is 0 Å². The van der Waals surface area contributed by atoms with Crippen molar-refractivity contribution in [1.29, 1.82) is 0 Å². The summed E-state index contributed by atoms with van der Waals surface area (Å²) in [5.41, 5.74) is 3.40. The van der Waals surface area contributed by atoms with Gasteiger partial charge in [-0.2, -0.15) is 0 Å². The molecule has 0 unspecified atom stereocenters. The summed E-state index contributed by atoms with van der Waals surface area (Å²) in [5, 5.41) is 13.5. The molecule has 0 aliphatic heterocycles. The highest BCUT2D eigenvalue weighted by Gasteiger charge is 2.10. The zero-order chi connectivity index (χ0) is 19.8. The zero-order valence-electron chi connectivity index (χ0n) is 15.2. The molecule has 0 saturated heterocycles. The Kier molecular flexibility index (Phi) is 6.49. The van der Waals surface area contributed by atoms with E-state index in [1.54, 1.807) is 0 Å². The van der Waals surface area contributed by atoms with Crippen LogP contribution in [0.5, 0.6) is 0 Å². The van der Waals surface area contributed by atoms with E-state index in [1.807, 2.05) is 54.6 Å². The summed E-state index contributed by atoms with van der Waals surface area (Å²) < 4.78 is 5.80. The fourth-order valence-electron chi connectivity index (χ4n) is 2.74. The van der Waals surface area contributed by atoms with E-state index in [4.69, 9.17) is 4.74 Å². The third kappa shape index (κ3) is 5.25. The van der Waals surface area contributed by atoms with Crippen molar-refractivity contribution < 1.29 is 14.5 Å². The molecule has 0 saturated carbocycles. The monoisotopic (exact) mass is 376 g/mol. The van der Waals surface area contributed by atoms with E-state index in [0.717, 1.165) is 16.7 Å². The molecule has 0 aromatic heterocycles. The molecule has 0 spiro atoms. The Morgan fingerprint density at radius 3 is 2.18 bits per heavy atom. The lowest BCUT2D eigenvalue weighted by atomic mass is 10.1.